The van der Waals surface area contributed by atoms with Crippen LogP contribution in [0.3, 0.4) is 0 Å². The van der Waals surface area contributed by atoms with E-state index in [0.717, 1.165) is 3.57 Å². The second-order valence-corrected chi connectivity index (χ2v) is 6.71. The summed E-state index contributed by atoms with van der Waals surface area (Å²) in [6.07, 6.45) is 3.01. The minimum absolute atomic E-state index is 0.0992. The van der Waals surface area contributed by atoms with Crippen molar-refractivity contribution in [3.05, 3.63) is 51.8 Å². The topological polar surface area (TPSA) is 108 Å². The zero-order valence-corrected chi connectivity index (χ0v) is 15.5. The summed E-state index contributed by atoms with van der Waals surface area (Å²) in [6, 6.07) is 5.38. The maximum Gasteiger partial charge on any atom is 0.289 e. The van der Waals surface area contributed by atoms with Crippen molar-refractivity contribution >= 4 is 50.8 Å². The number of benzene rings is 1. The van der Waals surface area contributed by atoms with Crippen molar-refractivity contribution in [3.8, 4) is 0 Å². The van der Waals surface area contributed by atoms with E-state index < -0.39 is 31.0 Å². The van der Waals surface area contributed by atoms with Crippen LogP contribution in [0.4, 0.5) is 15.8 Å². The number of aliphatic hydroxyl groups excluding tert-OH is 2. The molecule has 0 fully saturated rings. The van der Waals surface area contributed by atoms with Crippen molar-refractivity contribution in [2.75, 3.05) is 18.5 Å². The zero-order chi connectivity index (χ0) is 18.7. The van der Waals surface area contributed by atoms with Crippen LogP contribution in [-0.4, -0.2) is 40.4 Å². The minimum atomic E-state index is -0.836. The number of amides is 1. The summed E-state index contributed by atoms with van der Waals surface area (Å²) in [7, 11) is 0. The molecule has 2 heterocycles. The molecule has 0 saturated carbocycles. The number of aliphatic hydroxyl groups is 2. The van der Waals surface area contributed by atoms with Gasteiger partial charge in [-0.1, -0.05) is 0 Å². The number of hydrogen-bond donors (Lipinski definition) is 4. The van der Waals surface area contributed by atoms with Crippen LogP contribution in [0.2, 0.25) is 0 Å². The summed E-state index contributed by atoms with van der Waals surface area (Å²) in [6.45, 7) is -0.864. The van der Waals surface area contributed by atoms with Gasteiger partial charge in [0.25, 0.3) is 5.91 Å². The number of pyridine rings is 1. The second-order valence-electron chi connectivity index (χ2n) is 5.46. The quantitative estimate of drug-likeness (QED) is 0.412. The van der Waals surface area contributed by atoms with E-state index in [1.165, 1.54) is 18.5 Å². The van der Waals surface area contributed by atoms with Gasteiger partial charge in [0.2, 0.25) is 5.76 Å². The van der Waals surface area contributed by atoms with Crippen LogP contribution in [0.25, 0.3) is 11.0 Å². The molecule has 9 heteroatoms. The van der Waals surface area contributed by atoms with Crippen LogP contribution < -0.4 is 10.6 Å². The SMILES string of the molecule is O=C(NC(CO)CO)c1oc2ccncc2c1Nc1ccc(I)cc1F. The highest BCUT2D eigenvalue weighted by Crippen LogP contribution is 2.33. The van der Waals surface area contributed by atoms with Gasteiger partial charge >= 0.3 is 0 Å². The number of hydrogen-bond acceptors (Lipinski definition) is 6. The van der Waals surface area contributed by atoms with Crippen LogP contribution >= 0.6 is 22.6 Å². The molecule has 136 valence electrons. The number of nitrogens with zero attached hydrogens (tertiary/aromatic N) is 1. The van der Waals surface area contributed by atoms with Crippen LogP contribution in [-0.2, 0) is 0 Å². The molecule has 7 nitrogen and oxygen atoms in total. The van der Waals surface area contributed by atoms with E-state index in [2.05, 4.69) is 15.6 Å². The fourth-order valence-electron chi connectivity index (χ4n) is 2.35. The first kappa shape index (κ1) is 18.5. The lowest BCUT2D eigenvalue weighted by Crippen LogP contribution is -2.40. The van der Waals surface area contributed by atoms with Gasteiger partial charge in [-0.2, -0.15) is 0 Å². The first-order valence-corrected chi connectivity index (χ1v) is 8.72. The first-order valence-electron chi connectivity index (χ1n) is 7.64. The molecule has 0 aliphatic heterocycles. The van der Waals surface area contributed by atoms with Crippen molar-refractivity contribution in [1.82, 2.24) is 10.3 Å². The number of nitrogens with one attached hydrogen (secondary N) is 2. The standard InChI is InChI=1S/C17H15FIN3O4/c18-12-5-9(19)1-2-13(12)22-15-11-6-20-4-3-14(11)26-16(15)17(25)21-10(7-23)8-24/h1-6,10,22-24H,7-8H2,(H,21,25). The Morgan fingerprint density at radius 1 is 1.31 bits per heavy atom. The van der Waals surface area contributed by atoms with E-state index in [9.17, 15) is 9.18 Å². The Kier molecular flexibility index (Phi) is 5.69. The molecular weight excluding hydrogens is 456 g/mol. The van der Waals surface area contributed by atoms with Gasteiger partial charge in [0.1, 0.15) is 17.1 Å². The lowest BCUT2D eigenvalue weighted by molar-refractivity contribution is 0.0855. The van der Waals surface area contributed by atoms with Crippen LogP contribution in [0.1, 0.15) is 10.6 Å². The zero-order valence-electron chi connectivity index (χ0n) is 13.4. The largest absolute Gasteiger partial charge is 0.448 e. The molecule has 0 aliphatic rings. The third-order valence-electron chi connectivity index (χ3n) is 3.66. The molecule has 0 aliphatic carbocycles. The Labute approximate surface area is 161 Å². The van der Waals surface area contributed by atoms with Crippen molar-refractivity contribution in [2.24, 2.45) is 0 Å². The van der Waals surface area contributed by atoms with E-state index in [1.54, 1.807) is 18.2 Å². The predicted molar refractivity (Wildman–Crippen MR) is 102 cm³/mol. The molecule has 1 aromatic carbocycles. The monoisotopic (exact) mass is 471 g/mol. The Hall–Kier alpha value is -2.24. The summed E-state index contributed by atoms with van der Waals surface area (Å²) in [5.41, 5.74) is 0.815. The number of carbonyl (C=O) groups excluding carboxylic acids is 1. The third kappa shape index (κ3) is 3.79. The minimum Gasteiger partial charge on any atom is -0.448 e. The molecule has 0 spiro atoms. The van der Waals surface area contributed by atoms with Crippen molar-refractivity contribution in [1.29, 1.82) is 0 Å². The Bertz CT molecular complexity index is 943. The summed E-state index contributed by atoms with van der Waals surface area (Å²) in [4.78, 5) is 16.5. The maximum atomic E-state index is 14.2. The van der Waals surface area contributed by atoms with Crippen molar-refractivity contribution in [2.45, 2.75) is 6.04 Å². The van der Waals surface area contributed by atoms with Gasteiger partial charge in [0, 0.05) is 16.0 Å². The molecule has 0 atom stereocenters. The number of carbonyl (C=O) groups is 1. The molecule has 1 amide bonds. The number of halogens is 2. The molecular formula is C17H15FIN3O4. The second kappa shape index (κ2) is 7.98. The molecule has 2 aromatic heterocycles. The summed E-state index contributed by atoms with van der Waals surface area (Å²) >= 11 is 2.00. The van der Waals surface area contributed by atoms with E-state index in [-0.39, 0.29) is 17.1 Å². The van der Waals surface area contributed by atoms with E-state index in [1.807, 2.05) is 22.6 Å². The smallest absolute Gasteiger partial charge is 0.289 e. The molecule has 3 rings (SSSR count). The highest BCUT2D eigenvalue weighted by Gasteiger charge is 2.23. The molecule has 26 heavy (non-hydrogen) atoms. The average molecular weight is 471 g/mol. The molecule has 0 radical (unpaired) electrons. The number of furan rings is 1. The van der Waals surface area contributed by atoms with Crippen molar-refractivity contribution < 1.29 is 23.8 Å². The van der Waals surface area contributed by atoms with Crippen molar-refractivity contribution in [3.63, 3.8) is 0 Å². The first-order chi connectivity index (χ1) is 12.5. The highest BCUT2D eigenvalue weighted by atomic mass is 127. The van der Waals surface area contributed by atoms with Gasteiger partial charge in [0.15, 0.2) is 0 Å². The van der Waals surface area contributed by atoms with Gasteiger partial charge in [-0.25, -0.2) is 4.39 Å². The van der Waals surface area contributed by atoms with Gasteiger partial charge in [-0.15, -0.1) is 0 Å². The fraction of sp³-hybridized carbons (Fsp3) is 0.176. The van der Waals surface area contributed by atoms with Gasteiger partial charge in [-0.05, 0) is 46.9 Å². The van der Waals surface area contributed by atoms with E-state index >= 15 is 0 Å². The molecule has 0 unspecified atom stereocenters. The van der Waals surface area contributed by atoms with E-state index in [4.69, 9.17) is 14.6 Å². The number of rotatable bonds is 6. The van der Waals surface area contributed by atoms with E-state index in [0.29, 0.717) is 11.0 Å². The molecule has 4 N–H and O–H groups in total. The lowest BCUT2D eigenvalue weighted by atomic mass is 10.2. The predicted octanol–water partition coefficient (Wildman–Crippen LogP) is 2.40. The number of aromatic nitrogens is 1. The number of anilines is 2. The van der Waals surface area contributed by atoms with Gasteiger partial charge in [-0.3, -0.25) is 9.78 Å². The van der Waals surface area contributed by atoms with Gasteiger partial charge < -0.3 is 25.3 Å². The summed E-state index contributed by atoms with van der Waals surface area (Å²) in [5, 5.41) is 24.1. The summed E-state index contributed by atoms with van der Waals surface area (Å²) < 4.78 is 20.5. The molecule has 3 aromatic rings. The average Bonchev–Trinajstić information content (AvgIpc) is 3.00. The molecule has 0 bridgehead atoms. The van der Waals surface area contributed by atoms with Crippen LogP contribution in [0, 0.1) is 9.39 Å². The lowest BCUT2D eigenvalue weighted by Gasteiger charge is -2.13. The third-order valence-corrected chi connectivity index (χ3v) is 4.33. The number of fused-ring (bicyclic) bond motifs is 1. The van der Waals surface area contributed by atoms with Crippen LogP contribution in [0.5, 0.6) is 0 Å². The molecule has 0 saturated heterocycles. The van der Waals surface area contributed by atoms with Gasteiger partial charge in [0.05, 0.1) is 30.3 Å². The summed E-state index contributed by atoms with van der Waals surface area (Å²) in [5.74, 6) is -1.23. The van der Waals surface area contributed by atoms with Crippen LogP contribution in [0.15, 0.2) is 41.1 Å². The highest BCUT2D eigenvalue weighted by molar-refractivity contribution is 14.1. The Balaban J connectivity index is 2.03. The Morgan fingerprint density at radius 3 is 2.77 bits per heavy atom. The fourth-order valence-corrected chi connectivity index (χ4v) is 2.80. The normalized spacial score (nSPS) is 11.1. The Morgan fingerprint density at radius 2 is 2.08 bits per heavy atom. The maximum absolute atomic E-state index is 14.2.